The van der Waals surface area contributed by atoms with E-state index in [1.807, 2.05) is 18.2 Å². The maximum absolute atomic E-state index is 5.91. The van der Waals surface area contributed by atoms with Gasteiger partial charge in [-0.2, -0.15) is 0 Å². The van der Waals surface area contributed by atoms with Crippen LogP contribution in [0, 0.1) is 5.92 Å². The summed E-state index contributed by atoms with van der Waals surface area (Å²) in [5, 5.41) is 6.66. The van der Waals surface area contributed by atoms with E-state index >= 15 is 0 Å². The van der Waals surface area contributed by atoms with Gasteiger partial charge in [-0.25, -0.2) is 0 Å². The van der Waals surface area contributed by atoms with Crippen LogP contribution in [0.15, 0.2) is 35.3 Å². The first-order valence-electron chi connectivity index (χ1n) is 10.6. The molecule has 158 valence electrons. The number of guanidine groups is 1. The Labute approximate surface area is 170 Å². The summed E-state index contributed by atoms with van der Waals surface area (Å²) in [6, 6.07) is 10.3. The SMILES string of the molecule is CCNC(=NCCCOCC1CCOC1)NCCCOC(C)c1ccccc1. The number of aliphatic imine (C=N–C) groups is 1. The average Bonchev–Trinajstić information content (AvgIpc) is 3.24. The fourth-order valence-electron chi connectivity index (χ4n) is 3.02. The van der Waals surface area contributed by atoms with Gasteiger partial charge in [-0.15, -0.1) is 0 Å². The van der Waals surface area contributed by atoms with Gasteiger partial charge in [-0.05, 0) is 38.7 Å². The quantitative estimate of drug-likeness (QED) is 0.307. The molecule has 2 atom stereocenters. The van der Waals surface area contributed by atoms with Crippen molar-refractivity contribution in [3.05, 3.63) is 35.9 Å². The van der Waals surface area contributed by atoms with Crippen LogP contribution in [0.1, 0.15) is 44.8 Å². The smallest absolute Gasteiger partial charge is 0.191 e. The van der Waals surface area contributed by atoms with Gasteiger partial charge in [0.15, 0.2) is 5.96 Å². The summed E-state index contributed by atoms with van der Waals surface area (Å²) in [6.07, 6.45) is 3.12. The molecule has 2 N–H and O–H groups in total. The van der Waals surface area contributed by atoms with E-state index in [9.17, 15) is 0 Å². The van der Waals surface area contributed by atoms with Crippen LogP contribution in [0.25, 0.3) is 0 Å². The second-order valence-electron chi connectivity index (χ2n) is 7.12. The zero-order valence-corrected chi connectivity index (χ0v) is 17.5. The average molecular weight is 392 g/mol. The van der Waals surface area contributed by atoms with Crippen molar-refractivity contribution in [2.75, 3.05) is 52.7 Å². The normalized spacial score (nSPS) is 18.2. The van der Waals surface area contributed by atoms with Crippen LogP contribution in [0.4, 0.5) is 0 Å². The van der Waals surface area contributed by atoms with Crippen LogP contribution in [0.5, 0.6) is 0 Å². The van der Waals surface area contributed by atoms with Crippen LogP contribution >= 0.6 is 0 Å². The van der Waals surface area contributed by atoms with Gasteiger partial charge in [0.1, 0.15) is 0 Å². The molecule has 0 amide bonds. The number of nitrogens with zero attached hydrogens (tertiary/aromatic N) is 1. The van der Waals surface area contributed by atoms with E-state index in [1.54, 1.807) is 0 Å². The molecule has 1 aliphatic heterocycles. The molecule has 0 radical (unpaired) electrons. The highest BCUT2D eigenvalue weighted by molar-refractivity contribution is 5.79. The van der Waals surface area contributed by atoms with Crippen molar-refractivity contribution in [3.8, 4) is 0 Å². The summed E-state index contributed by atoms with van der Waals surface area (Å²) in [5.41, 5.74) is 1.22. The van der Waals surface area contributed by atoms with Crippen molar-refractivity contribution in [3.63, 3.8) is 0 Å². The van der Waals surface area contributed by atoms with Crippen LogP contribution in [0.2, 0.25) is 0 Å². The zero-order chi connectivity index (χ0) is 19.9. The Kier molecular flexibility index (Phi) is 11.6. The summed E-state index contributed by atoms with van der Waals surface area (Å²) in [5.74, 6) is 1.44. The predicted octanol–water partition coefficient (Wildman–Crippen LogP) is 3.15. The summed E-state index contributed by atoms with van der Waals surface area (Å²) in [7, 11) is 0. The van der Waals surface area contributed by atoms with Gasteiger partial charge in [0.05, 0.1) is 19.3 Å². The molecule has 0 aromatic heterocycles. The van der Waals surface area contributed by atoms with Gasteiger partial charge < -0.3 is 24.8 Å². The van der Waals surface area contributed by atoms with E-state index < -0.39 is 0 Å². The minimum atomic E-state index is 0.124. The predicted molar refractivity (Wildman–Crippen MR) is 114 cm³/mol. The third-order valence-electron chi connectivity index (χ3n) is 4.69. The fraction of sp³-hybridized carbons (Fsp3) is 0.682. The van der Waals surface area contributed by atoms with Crippen molar-refractivity contribution in [1.82, 2.24) is 10.6 Å². The van der Waals surface area contributed by atoms with E-state index in [0.717, 1.165) is 77.9 Å². The third kappa shape index (κ3) is 9.53. The first kappa shape index (κ1) is 22.7. The Balaban J connectivity index is 1.52. The number of hydrogen-bond donors (Lipinski definition) is 2. The molecule has 1 saturated heterocycles. The monoisotopic (exact) mass is 391 g/mol. The Morgan fingerprint density at radius 3 is 2.82 bits per heavy atom. The molecule has 0 aliphatic carbocycles. The van der Waals surface area contributed by atoms with Crippen molar-refractivity contribution in [2.45, 2.75) is 39.2 Å². The second kappa shape index (κ2) is 14.4. The number of rotatable bonds is 13. The minimum Gasteiger partial charge on any atom is -0.381 e. The number of nitrogens with one attached hydrogen (secondary N) is 2. The highest BCUT2D eigenvalue weighted by Gasteiger charge is 2.15. The molecule has 6 heteroatoms. The fourth-order valence-corrected chi connectivity index (χ4v) is 3.02. The lowest BCUT2D eigenvalue weighted by atomic mass is 10.1. The van der Waals surface area contributed by atoms with E-state index in [1.165, 1.54) is 5.56 Å². The Morgan fingerprint density at radius 1 is 1.21 bits per heavy atom. The van der Waals surface area contributed by atoms with E-state index in [-0.39, 0.29) is 6.10 Å². The molecule has 1 aliphatic rings. The zero-order valence-electron chi connectivity index (χ0n) is 17.5. The number of ether oxygens (including phenoxy) is 3. The first-order valence-corrected chi connectivity index (χ1v) is 10.6. The van der Waals surface area contributed by atoms with Crippen LogP contribution in [-0.2, 0) is 14.2 Å². The minimum absolute atomic E-state index is 0.124. The molecule has 2 rings (SSSR count). The van der Waals surface area contributed by atoms with Gasteiger partial charge in [0.2, 0.25) is 0 Å². The maximum Gasteiger partial charge on any atom is 0.191 e. The van der Waals surface area contributed by atoms with Crippen molar-refractivity contribution < 1.29 is 14.2 Å². The van der Waals surface area contributed by atoms with Crippen molar-refractivity contribution in [1.29, 1.82) is 0 Å². The second-order valence-corrected chi connectivity index (χ2v) is 7.12. The molecule has 1 aromatic rings. The van der Waals surface area contributed by atoms with Crippen LogP contribution in [-0.4, -0.2) is 58.6 Å². The molecule has 1 heterocycles. The third-order valence-corrected chi connectivity index (χ3v) is 4.69. The molecule has 0 saturated carbocycles. The number of hydrogen-bond acceptors (Lipinski definition) is 4. The molecule has 0 spiro atoms. The lowest BCUT2D eigenvalue weighted by Crippen LogP contribution is -2.38. The molecular weight excluding hydrogens is 354 g/mol. The molecule has 0 bridgehead atoms. The topological polar surface area (TPSA) is 64.1 Å². The standard InChI is InChI=1S/C22H37N3O3/c1-3-23-22(24-12-7-14-26-17-20-11-16-27-18-20)25-13-8-15-28-19(2)21-9-5-4-6-10-21/h4-6,9-10,19-20H,3,7-8,11-18H2,1-2H3,(H2,23,24,25). The van der Waals surface area contributed by atoms with Gasteiger partial charge >= 0.3 is 0 Å². The molecule has 6 nitrogen and oxygen atoms in total. The van der Waals surface area contributed by atoms with Crippen LogP contribution in [0.3, 0.4) is 0 Å². The lowest BCUT2D eigenvalue weighted by Gasteiger charge is -2.14. The van der Waals surface area contributed by atoms with Gasteiger partial charge in [0, 0.05) is 45.4 Å². The largest absolute Gasteiger partial charge is 0.381 e. The summed E-state index contributed by atoms with van der Waals surface area (Å²) < 4.78 is 17.0. The van der Waals surface area contributed by atoms with Gasteiger partial charge in [0.25, 0.3) is 0 Å². The molecule has 28 heavy (non-hydrogen) atoms. The molecule has 1 fully saturated rings. The van der Waals surface area contributed by atoms with Crippen LogP contribution < -0.4 is 10.6 Å². The van der Waals surface area contributed by atoms with Crippen molar-refractivity contribution in [2.24, 2.45) is 10.9 Å². The molecule has 1 aromatic carbocycles. The number of benzene rings is 1. The summed E-state index contributed by atoms with van der Waals surface area (Å²) in [6.45, 7) is 10.6. The van der Waals surface area contributed by atoms with E-state index in [2.05, 4.69) is 41.6 Å². The van der Waals surface area contributed by atoms with E-state index in [4.69, 9.17) is 14.2 Å². The molecular formula is C22H37N3O3. The highest BCUT2D eigenvalue weighted by Crippen LogP contribution is 2.15. The Bertz CT molecular complexity index is 533. The lowest BCUT2D eigenvalue weighted by molar-refractivity contribution is 0.0646. The summed E-state index contributed by atoms with van der Waals surface area (Å²) in [4.78, 5) is 4.61. The Morgan fingerprint density at radius 2 is 2.07 bits per heavy atom. The van der Waals surface area contributed by atoms with E-state index in [0.29, 0.717) is 5.92 Å². The highest BCUT2D eigenvalue weighted by atomic mass is 16.5. The van der Waals surface area contributed by atoms with Crippen molar-refractivity contribution >= 4 is 5.96 Å². The summed E-state index contributed by atoms with van der Waals surface area (Å²) >= 11 is 0. The maximum atomic E-state index is 5.91. The first-order chi connectivity index (χ1) is 13.8. The molecule has 2 unspecified atom stereocenters. The Hall–Kier alpha value is -1.63. The van der Waals surface area contributed by atoms with Gasteiger partial charge in [-0.1, -0.05) is 30.3 Å². The van der Waals surface area contributed by atoms with Gasteiger partial charge in [-0.3, -0.25) is 4.99 Å².